The van der Waals surface area contributed by atoms with Gasteiger partial charge in [0.2, 0.25) is 17.6 Å². The van der Waals surface area contributed by atoms with Crippen LogP contribution in [0.5, 0.6) is 5.75 Å². The summed E-state index contributed by atoms with van der Waals surface area (Å²) in [5, 5.41) is 4.06. The smallest absolute Gasteiger partial charge is 0.232 e. The maximum atomic E-state index is 13.6. The molecule has 6 nitrogen and oxygen atoms in total. The van der Waals surface area contributed by atoms with Crippen LogP contribution in [0.15, 0.2) is 47.0 Å². The van der Waals surface area contributed by atoms with Crippen molar-refractivity contribution in [3.05, 3.63) is 59.7 Å². The predicted molar refractivity (Wildman–Crippen MR) is 102 cm³/mol. The molecule has 1 aromatic heterocycles. The van der Waals surface area contributed by atoms with E-state index in [1.807, 2.05) is 38.1 Å². The van der Waals surface area contributed by atoms with E-state index in [1.54, 1.807) is 11.0 Å². The topological polar surface area (TPSA) is 68.5 Å². The van der Waals surface area contributed by atoms with E-state index in [0.717, 1.165) is 16.9 Å². The van der Waals surface area contributed by atoms with Crippen molar-refractivity contribution in [1.82, 2.24) is 10.1 Å². The first-order valence-corrected chi connectivity index (χ1v) is 9.18. The molecule has 0 aliphatic carbocycles. The molecule has 28 heavy (non-hydrogen) atoms. The van der Waals surface area contributed by atoms with Crippen molar-refractivity contribution in [1.29, 1.82) is 0 Å². The Kier molecular flexibility index (Phi) is 4.81. The molecule has 1 atom stereocenters. The van der Waals surface area contributed by atoms with Gasteiger partial charge in [0.25, 0.3) is 0 Å². The van der Waals surface area contributed by atoms with Crippen LogP contribution in [0.3, 0.4) is 0 Å². The monoisotopic (exact) mass is 381 g/mol. The molecule has 4 rings (SSSR count). The van der Waals surface area contributed by atoms with Crippen LogP contribution in [0.4, 0.5) is 10.1 Å². The highest BCUT2D eigenvalue weighted by Gasteiger charge is 2.35. The van der Waals surface area contributed by atoms with Crippen LogP contribution in [-0.2, 0) is 4.79 Å². The number of benzene rings is 2. The third-order valence-electron chi connectivity index (χ3n) is 4.78. The van der Waals surface area contributed by atoms with Crippen LogP contribution < -0.4 is 9.64 Å². The fraction of sp³-hybridized carbons (Fsp3) is 0.286. The van der Waals surface area contributed by atoms with Gasteiger partial charge in [-0.3, -0.25) is 4.79 Å². The van der Waals surface area contributed by atoms with Crippen molar-refractivity contribution in [2.45, 2.75) is 26.2 Å². The summed E-state index contributed by atoms with van der Waals surface area (Å²) >= 11 is 0. The molecule has 3 aromatic rings. The number of hydrogen-bond acceptors (Lipinski definition) is 5. The Hall–Kier alpha value is -3.22. The molecule has 0 saturated carbocycles. The number of carbonyl (C=O) groups is 1. The van der Waals surface area contributed by atoms with Gasteiger partial charge in [0.1, 0.15) is 11.6 Å². The first kappa shape index (κ1) is 18.2. The molecule has 144 valence electrons. The van der Waals surface area contributed by atoms with Crippen LogP contribution >= 0.6 is 0 Å². The molecule has 2 aromatic carbocycles. The minimum Gasteiger partial charge on any atom is -0.494 e. The van der Waals surface area contributed by atoms with Crippen molar-refractivity contribution in [3.63, 3.8) is 0 Å². The van der Waals surface area contributed by atoms with Gasteiger partial charge in [0, 0.05) is 24.2 Å². The zero-order valence-electron chi connectivity index (χ0n) is 15.7. The van der Waals surface area contributed by atoms with Crippen LogP contribution in [-0.4, -0.2) is 29.2 Å². The van der Waals surface area contributed by atoms with E-state index in [9.17, 15) is 9.18 Å². The van der Waals surface area contributed by atoms with Crippen LogP contribution in [0.2, 0.25) is 0 Å². The molecule has 1 amide bonds. The van der Waals surface area contributed by atoms with Crippen molar-refractivity contribution in [3.8, 4) is 17.1 Å². The Morgan fingerprint density at radius 2 is 2.14 bits per heavy atom. The molecule has 0 spiro atoms. The first-order valence-electron chi connectivity index (χ1n) is 9.18. The Bertz CT molecular complexity index is 1020. The number of carbonyl (C=O) groups excluding carboxylic acids is 1. The van der Waals surface area contributed by atoms with Crippen molar-refractivity contribution < 1.29 is 18.4 Å². The van der Waals surface area contributed by atoms with Gasteiger partial charge in [-0.1, -0.05) is 23.4 Å². The largest absolute Gasteiger partial charge is 0.494 e. The number of aromatic nitrogens is 2. The van der Waals surface area contributed by atoms with E-state index in [0.29, 0.717) is 30.6 Å². The van der Waals surface area contributed by atoms with Gasteiger partial charge in [-0.2, -0.15) is 4.98 Å². The maximum absolute atomic E-state index is 13.6. The van der Waals surface area contributed by atoms with E-state index in [4.69, 9.17) is 9.26 Å². The lowest BCUT2D eigenvalue weighted by Crippen LogP contribution is -2.25. The SMILES string of the molecule is CCOc1cccc(-c2noc(C3CC(=O)N(c4cc(F)ccc4C)C3)n2)c1. The molecule has 0 bridgehead atoms. The number of amides is 1. The summed E-state index contributed by atoms with van der Waals surface area (Å²) in [7, 11) is 0. The van der Waals surface area contributed by atoms with Crippen LogP contribution in [0.1, 0.15) is 30.7 Å². The average molecular weight is 381 g/mol. The average Bonchev–Trinajstić information content (AvgIpc) is 3.31. The molecule has 1 saturated heterocycles. The summed E-state index contributed by atoms with van der Waals surface area (Å²) in [4.78, 5) is 18.6. The molecule has 1 aliphatic heterocycles. The molecule has 1 fully saturated rings. The lowest BCUT2D eigenvalue weighted by atomic mass is 10.1. The number of aryl methyl sites for hydroxylation is 1. The fourth-order valence-corrected chi connectivity index (χ4v) is 3.39. The zero-order valence-corrected chi connectivity index (χ0v) is 15.7. The Balaban J connectivity index is 1.56. The second-order valence-electron chi connectivity index (χ2n) is 6.75. The maximum Gasteiger partial charge on any atom is 0.232 e. The van der Waals surface area contributed by atoms with E-state index in [-0.39, 0.29) is 24.1 Å². The number of halogens is 1. The Labute approximate surface area is 161 Å². The Morgan fingerprint density at radius 1 is 1.29 bits per heavy atom. The molecular weight excluding hydrogens is 361 g/mol. The Morgan fingerprint density at radius 3 is 2.96 bits per heavy atom. The highest BCUT2D eigenvalue weighted by molar-refractivity contribution is 5.97. The number of hydrogen-bond donors (Lipinski definition) is 0. The van der Waals surface area contributed by atoms with Crippen molar-refractivity contribution >= 4 is 11.6 Å². The summed E-state index contributed by atoms with van der Waals surface area (Å²) in [6, 6.07) is 11.9. The summed E-state index contributed by atoms with van der Waals surface area (Å²) in [5.41, 5.74) is 2.20. The summed E-state index contributed by atoms with van der Waals surface area (Å²) in [6.07, 6.45) is 0.247. The lowest BCUT2D eigenvalue weighted by molar-refractivity contribution is -0.117. The molecule has 0 radical (unpaired) electrons. The third kappa shape index (κ3) is 3.47. The van der Waals surface area contributed by atoms with Crippen molar-refractivity contribution in [2.24, 2.45) is 0 Å². The highest BCUT2D eigenvalue weighted by atomic mass is 19.1. The molecule has 1 aliphatic rings. The van der Waals surface area contributed by atoms with Gasteiger partial charge in [0.15, 0.2) is 0 Å². The zero-order chi connectivity index (χ0) is 19.7. The first-order chi connectivity index (χ1) is 13.5. The van der Waals surface area contributed by atoms with Crippen LogP contribution in [0, 0.1) is 12.7 Å². The molecular formula is C21H20FN3O3. The second kappa shape index (κ2) is 7.42. The van der Waals surface area contributed by atoms with E-state index in [2.05, 4.69) is 10.1 Å². The standard InChI is InChI=1S/C21H20FN3O3/c1-3-27-17-6-4-5-14(9-17)20-23-21(28-24-20)15-10-19(26)25(12-15)18-11-16(22)8-7-13(18)2/h4-9,11,15H,3,10,12H2,1-2H3. The summed E-state index contributed by atoms with van der Waals surface area (Å²) in [6.45, 7) is 4.72. The number of rotatable bonds is 5. The molecule has 2 heterocycles. The quantitative estimate of drug-likeness (QED) is 0.665. The normalized spacial score (nSPS) is 16.6. The second-order valence-corrected chi connectivity index (χ2v) is 6.75. The number of ether oxygens (including phenoxy) is 1. The lowest BCUT2D eigenvalue weighted by Gasteiger charge is -2.18. The molecule has 7 heteroatoms. The molecule has 1 unspecified atom stereocenters. The number of nitrogens with zero attached hydrogens (tertiary/aromatic N) is 3. The van der Waals surface area contributed by atoms with Gasteiger partial charge < -0.3 is 14.2 Å². The number of anilines is 1. The fourth-order valence-electron chi connectivity index (χ4n) is 3.39. The van der Waals surface area contributed by atoms with Gasteiger partial charge >= 0.3 is 0 Å². The molecule has 0 N–H and O–H groups in total. The van der Waals surface area contributed by atoms with Gasteiger partial charge in [-0.25, -0.2) is 4.39 Å². The van der Waals surface area contributed by atoms with E-state index < -0.39 is 0 Å². The van der Waals surface area contributed by atoms with Gasteiger partial charge in [0.05, 0.1) is 12.5 Å². The third-order valence-corrected chi connectivity index (χ3v) is 4.78. The van der Waals surface area contributed by atoms with Gasteiger partial charge in [-0.15, -0.1) is 0 Å². The van der Waals surface area contributed by atoms with Crippen LogP contribution in [0.25, 0.3) is 11.4 Å². The predicted octanol–water partition coefficient (Wildman–Crippen LogP) is 4.10. The van der Waals surface area contributed by atoms with Gasteiger partial charge in [-0.05, 0) is 43.7 Å². The highest BCUT2D eigenvalue weighted by Crippen LogP contribution is 2.34. The summed E-state index contributed by atoms with van der Waals surface area (Å²) in [5.74, 6) is 0.899. The summed E-state index contributed by atoms with van der Waals surface area (Å²) < 4.78 is 24.6. The van der Waals surface area contributed by atoms with E-state index in [1.165, 1.54) is 12.1 Å². The van der Waals surface area contributed by atoms with Crippen molar-refractivity contribution in [2.75, 3.05) is 18.1 Å². The van der Waals surface area contributed by atoms with E-state index >= 15 is 0 Å². The minimum atomic E-state index is -0.369. The minimum absolute atomic E-state index is 0.0863.